The summed E-state index contributed by atoms with van der Waals surface area (Å²) in [6.07, 6.45) is 3.19. The molecule has 5 heteroatoms. The number of anilines is 1. The number of para-hydroxylation sites is 1. The molecule has 5 rings (SSSR count). The SMILES string of the molecule is CC(=O)[C@@H]1[C@@H]2[C@H](C(=O)[C@@H]3OC[C@H]2O3)[C@H]2C=Cc3ccccc3N21. The van der Waals surface area contributed by atoms with E-state index in [0.717, 1.165) is 11.3 Å². The zero-order chi connectivity index (χ0) is 15.7. The topological polar surface area (TPSA) is 55.8 Å². The summed E-state index contributed by atoms with van der Waals surface area (Å²) in [5.74, 6) is -0.319. The lowest BCUT2D eigenvalue weighted by Crippen LogP contribution is -2.48. The van der Waals surface area contributed by atoms with Crippen molar-refractivity contribution < 1.29 is 19.1 Å². The molecule has 6 atom stereocenters. The molecule has 0 unspecified atom stereocenters. The Kier molecular flexibility index (Phi) is 2.65. The van der Waals surface area contributed by atoms with Crippen LogP contribution in [0.3, 0.4) is 0 Å². The molecule has 0 aromatic heterocycles. The first-order valence-electron chi connectivity index (χ1n) is 8.03. The summed E-state index contributed by atoms with van der Waals surface area (Å²) in [5, 5.41) is 0. The molecule has 4 aliphatic heterocycles. The highest BCUT2D eigenvalue weighted by Gasteiger charge is 2.62. The lowest BCUT2D eigenvalue weighted by molar-refractivity contribution is -0.164. The van der Waals surface area contributed by atoms with Gasteiger partial charge >= 0.3 is 0 Å². The number of ketones is 2. The first-order valence-corrected chi connectivity index (χ1v) is 8.03. The second-order valence-electron chi connectivity index (χ2n) is 6.72. The lowest BCUT2D eigenvalue weighted by atomic mass is 9.78. The number of rotatable bonds is 1. The van der Waals surface area contributed by atoms with Gasteiger partial charge in [-0.2, -0.15) is 0 Å². The van der Waals surface area contributed by atoms with Crippen LogP contribution in [0.15, 0.2) is 30.3 Å². The van der Waals surface area contributed by atoms with Gasteiger partial charge in [-0.25, -0.2) is 0 Å². The number of fused-ring (bicyclic) bond motifs is 8. The Morgan fingerprint density at radius 3 is 2.96 bits per heavy atom. The van der Waals surface area contributed by atoms with Crippen molar-refractivity contribution in [2.45, 2.75) is 31.4 Å². The molecule has 0 amide bonds. The van der Waals surface area contributed by atoms with Crippen LogP contribution in [0, 0.1) is 11.8 Å². The predicted octanol–water partition coefficient (Wildman–Crippen LogP) is 1.42. The molecule has 0 saturated carbocycles. The fraction of sp³-hybridized carbons (Fsp3) is 0.444. The van der Waals surface area contributed by atoms with Crippen LogP contribution in [-0.2, 0) is 19.1 Å². The van der Waals surface area contributed by atoms with Gasteiger partial charge in [-0.15, -0.1) is 0 Å². The van der Waals surface area contributed by atoms with E-state index in [0.29, 0.717) is 6.61 Å². The second kappa shape index (κ2) is 4.52. The van der Waals surface area contributed by atoms with Gasteiger partial charge in [0.2, 0.25) is 6.29 Å². The molecule has 1 aromatic carbocycles. The van der Waals surface area contributed by atoms with Gasteiger partial charge in [0.15, 0.2) is 11.6 Å². The van der Waals surface area contributed by atoms with E-state index in [9.17, 15) is 9.59 Å². The van der Waals surface area contributed by atoms with Gasteiger partial charge in [-0.1, -0.05) is 30.4 Å². The summed E-state index contributed by atoms with van der Waals surface area (Å²) in [5.41, 5.74) is 2.11. The maximum Gasteiger partial charge on any atom is 0.218 e. The van der Waals surface area contributed by atoms with E-state index in [1.54, 1.807) is 6.92 Å². The van der Waals surface area contributed by atoms with Crippen molar-refractivity contribution in [3.63, 3.8) is 0 Å². The minimum atomic E-state index is -0.751. The first kappa shape index (κ1) is 13.5. The van der Waals surface area contributed by atoms with E-state index in [2.05, 4.69) is 17.1 Å². The first-order chi connectivity index (χ1) is 11.2. The standard InChI is InChI=1S/C18H17NO4/c1-9(20)16-15-13-8-22-18(23-13)17(21)14(15)12-7-6-10-4-2-3-5-11(10)19(12)16/h2-7,12-16,18H,8H2,1H3/t12-,13-,14-,15+,16-,18-/m1/s1. The van der Waals surface area contributed by atoms with Gasteiger partial charge < -0.3 is 14.4 Å². The smallest absolute Gasteiger partial charge is 0.218 e. The number of hydrogen-bond acceptors (Lipinski definition) is 5. The van der Waals surface area contributed by atoms with E-state index >= 15 is 0 Å². The summed E-state index contributed by atoms with van der Waals surface area (Å²) in [7, 11) is 0. The third-order valence-corrected chi connectivity index (χ3v) is 5.57. The number of ether oxygens (including phenoxy) is 2. The van der Waals surface area contributed by atoms with Crippen molar-refractivity contribution >= 4 is 23.3 Å². The highest BCUT2D eigenvalue weighted by atomic mass is 16.7. The molecular weight excluding hydrogens is 294 g/mol. The number of Topliss-reactive ketones (excluding diaryl/α,β-unsaturated/α-hetero) is 2. The predicted molar refractivity (Wildman–Crippen MR) is 82.8 cm³/mol. The van der Waals surface area contributed by atoms with Crippen molar-refractivity contribution in [3.05, 3.63) is 35.9 Å². The molecule has 5 nitrogen and oxygen atoms in total. The van der Waals surface area contributed by atoms with Crippen LogP contribution >= 0.6 is 0 Å². The highest BCUT2D eigenvalue weighted by molar-refractivity contribution is 5.95. The zero-order valence-corrected chi connectivity index (χ0v) is 12.7. The van der Waals surface area contributed by atoms with Gasteiger partial charge in [0.1, 0.15) is 0 Å². The Bertz CT molecular complexity index is 742. The Hall–Kier alpha value is -1.98. The van der Waals surface area contributed by atoms with E-state index in [-0.39, 0.29) is 41.6 Å². The minimum Gasteiger partial charge on any atom is -0.353 e. The number of carbonyl (C=O) groups excluding carboxylic acids is 2. The molecule has 0 radical (unpaired) electrons. The van der Waals surface area contributed by atoms with Crippen LogP contribution in [0.25, 0.3) is 6.08 Å². The molecule has 2 bridgehead atoms. The average Bonchev–Trinajstić information content (AvgIpc) is 3.13. The van der Waals surface area contributed by atoms with Gasteiger partial charge in [-0.3, -0.25) is 9.59 Å². The van der Waals surface area contributed by atoms with Crippen molar-refractivity contribution in [1.82, 2.24) is 0 Å². The Morgan fingerprint density at radius 2 is 2.13 bits per heavy atom. The second-order valence-corrected chi connectivity index (χ2v) is 6.72. The fourth-order valence-electron chi connectivity index (χ4n) is 4.74. The van der Waals surface area contributed by atoms with Gasteiger partial charge in [0.05, 0.1) is 30.7 Å². The fourth-order valence-corrected chi connectivity index (χ4v) is 4.74. The Morgan fingerprint density at radius 1 is 1.30 bits per heavy atom. The van der Waals surface area contributed by atoms with Gasteiger partial charge in [0, 0.05) is 11.6 Å². The zero-order valence-electron chi connectivity index (χ0n) is 12.7. The third-order valence-electron chi connectivity index (χ3n) is 5.57. The minimum absolute atomic E-state index is 0.0217. The molecular formula is C18H17NO4. The molecule has 3 saturated heterocycles. The maximum atomic E-state index is 12.8. The summed E-state index contributed by atoms with van der Waals surface area (Å²) in [4.78, 5) is 27.4. The average molecular weight is 311 g/mol. The van der Waals surface area contributed by atoms with Crippen LogP contribution in [-0.4, -0.2) is 42.7 Å². The molecule has 0 N–H and O–H groups in total. The monoisotopic (exact) mass is 311 g/mol. The number of hydrogen-bond donors (Lipinski definition) is 0. The van der Waals surface area contributed by atoms with Gasteiger partial charge in [-0.05, 0) is 18.6 Å². The van der Waals surface area contributed by atoms with E-state index < -0.39 is 6.29 Å². The van der Waals surface area contributed by atoms with Crippen molar-refractivity contribution in [1.29, 1.82) is 0 Å². The summed E-state index contributed by atoms with van der Waals surface area (Å²) in [6, 6.07) is 7.59. The summed E-state index contributed by atoms with van der Waals surface area (Å²) < 4.78 is 11.2. The lowest BCUT2D eigenvalue weighted by Gasteiger charge is -2.35. The molecule has 0 aliphatic carbocycles. The number of nitrogens with zero attached hydrogens (tertiary/aromatic N) is 1. The van der Waals surface area contributed by atoms with E-state index in [1.165, 1.54) is 0 Å². The normalized spacial score (nSPS) is 39.9. The van der Waals surface area contributed by atoms with E-state index in [4.69, 9.17) is 9.47 Å². The maximum absolute atomic E-state index is 12.8. The molecule has 23 heavy (non-hydrogen) atoms. The highest BCUT2D eigenvalue weighted by Crippen LogP contribution is 2.50. The number of benzene rings is 1. The Balaban J connectivity index is 1.69. The van der Waals surface area contributed by atoms with Crippen LogP contribution in [0.4, 0.5) is 5.69 Å². The van der Waals surface area contributed by atoms with Crippen molar-refractivity contribution in [3.8, 4) is 0 Å². The van der Waals surface area contributed by atoms with Crippen molar-refractivity contribution in [2.24, 2.45) is 11.8 Å². The summed E-state index contributed by atoms with van der Waals surface area (Å²) in [6.45, 7) is 2.00. The molecule has 3 fully saturated rings. The quantitative estimate of drug-likeness (QED) is 0.785. The van der Waals surface area contributed by atoms with Crippen LogP contribution in [0.1, 0.15) is 12.5 Å². The molecule has 118 valence electrons. The molecule has 4 heterocycles. The third kappa shape index (κ3) is 1.64. The molecule has 4 aliphatic rings. The number of carbonyl (C=O) groups is 2. The largest absolute Gasteiger partial charge is 0.353 e. The van der Waals surface area contributed by atoms with Crippen LogP contribution in [0.2, 0.25) is 0 Å². The Labute approximate surface area is 133 Å². The molecule has 1 aromatic rings. The van der Waals surface area contributed by atoms with Crippen LogP contribution < -0.4 is 4.90 Å². The van der Waals surface area contributed by atoms with Gasteiger partial charge in [0.25, 0.3) is 0 Å². The molecule has 0 spiro atoms. The van der Waals surface area contributed by atoms with Crippen molar-refractivity contribution in [2.75, 3.05) is 11.5 Å². The van der Waals surface area contributed by atoms with Crippen LogP contribution in [0.5, 0.6) is 0 Å². The summed E-state index contributed by atoms with van der Waals surface area (Å²) >= 11 is 0. The van der Waals surface area contributed by atoms with E-state index in [1.807, 2.05) is 24.3 Å².